The molecule has 0 saturated heterocycles. The summed E-state index contributed by atoms with van der Waals surface area (Å²) in [5.41, 5.74) is 3.12. The number of ether oxygens (including phenoxy) is 1. The van der Waals surface area contributed by atoms with Gasteiger partial charge in [-0.05, 0) is 30.0 Å². The molecule has 1 aromatic carbocycles. The van der Waals surface area contributed by atoms with Gasteiger partial charge in [-0.25, -0.2) is 0 Å². The second kappa shape index (κ2) is 7.59. The standard InChI is InChI=1S/C16H20N2O4/c1-22-16(21)7-6-14(19)17-9-8-11-2-4-13-12(10-11)3-5-15(20)18-13/h2,4,10H,3,5-9H2,1H3,(H,17,19)(H,18,20). The minimum atomic E-state index is -0.383. The molecule has 1 heterocycles. The Morgan fingerprint density at radius 3 is 2.86 bits per heavy atom. The molecule has 0 bridgehead atoms. The van der Waals surface area contributed by atoms with Gasteiger partial charge in [0.25, 0.3) is 0 Å². The number of nitrogens with one attached hydrogen (secondary N) is 2. The number of methoxy groups -OCH3 is 1. The molecule has 0 saturated carbocycles. The predicted molar refractivity (Wildman–Crippen MR) is 81.4 cm³/mol. The van der Waals surface area contributed by atoms with Crippen molar-refractivity contribution < 1.29 is 19.1 Å². The van der Waals surface area contributed by atoms with E-state index < -0.39 is 0 Å². The number of carbonyl (C=O) groups excluding carboxylic acids is 3. The molecule has 0 unspecified atom stereocenters. The van der Waals surface area contributed by atoms with Crippen molar-refractivity contribution in [3.63, 3.8) is 0 Å². The predicted octanol–water partition coefficient (Wildman–Crippen LogP) is 1.18. The molecule has 22 heavy (non-hydrogen) atoms. The van der Waals surface area contributed by atoms with E-state index in [1.807, 2.05) is 12.1 Å². The summed E-state index contributed by atoms with van der Waals surface area (Å²) in [6.45, 7) is 0.519. The molecule has 0 radical (unpaired) electrons. The van der Waals surface area contributed by atoms with Crippen LogP contribution in [0.15, 0.2) is 18.2 Å². The molecular weight excluding hydrogens is 284 g/mol. The number of carbonyl (C=O) groups is 3. The van der Waals surface area contributed by atoms with Gasteiger partial charge in [0.1, 0.15) is 0 Å². The minimum Gasteiger partial charge on any atom is -0.469 e. The number of hydrogen-bond acceptors (Lipinski definition) is 4. The lowest BCUT2D eigenvalue weighted by Gasteiger charge is -2.17. The van der Waals surface area contributed by atoms with Crippen LogP contribution >= 0.6 is 0 Å². The molecule has 6 heteroatoms. The fourth-order valence-corrected chi connectivity index (χ4v) is 2.34. The van der Waals surface area contributed by atoms with Gasteiger partial charge >= 0.3 is 5.97 Å². The molecule has 0 fully saturated rings. The smallest absolute Gasteiger partial charge is 0.306 e. The van der Waals surface area contributed by atoms with Crippen LogP contribution in [0.5, 0.6) is 0 Å². The van der Waals surface area contributed by atoms with E-state index in [-0.39, 0.29) is 30.6 Å². The molecule has 6 nitrogen and oxygen atoms in total. The van der Waals surface area contributed by atoms with Crippen molar-refractivity contribution >= 4 is 23.5 Å². The Hall–Kier alpha value is -2.37. The number of anilines is 1. The van der Waals surface area contributed by atoms with Crippen LogP contribution in [0.3, 0.4) is 0 Å². The highest BCUT2D eigenvalue weighted by atomic mass is 16.5. The molecule has 1 aliphatic rings. The maximum atomic E-state index is 11.6. The molecule has 1 aromatic rings. The first-order valence-electron chi connectivity index (χ1n) is 7.33. The number of esters is 1. The summed E-state index contributed by atoms with van der Waals surface area (Å²) < 4.78 is 4.49. The van der Waals surface area contributed by atoms with Crippen LogP contribution in [0, 0.1) is 0 Å². The Morgan fingerprint density at radius 2 is 2.09 bits per heavy atom. The van der Waals surface area contributed by atoms with Gasteiger partial charge in [-0.3, -0.25) is 14.4 Å². The summed E-state index contributed by atoms with van der Waals surface area (Å²) in [6, 6.07) is 5.92. The Bertz CT molecular complexity index is 584. The highest BCUT2D eigenvalue weighted by Crippen LogP contribution is 2.23. The molecule has 0 atom stereocenters. The van der Waals surface area contributed by atoms with Crippen LogP contribution in [0.2, 0.25) is 0 Å². The number of amides is 2. The molecule has 0 spiro atoms. The maximum absolute atomic E-state index is 11.6. The molecular formula is C16H20N2O4. The quantitative estimate of drug-likeness (QED) is 0.773. The third-order valence-corrected chi connectivity index (χ3v) is 3.58. The lowest BCUT2D eigenvalue weighted by molar-refractivity contribution is -0.142. The Labute approximate surface area is 129 Å². The van der Waals surface area contributed by atoms with Crippen LogP contribution in [0.4, 0.5) is 5.69 Å². The zero-order valence-electron chi connectivity index (χ0n) is 12.6. The normalized spacial score (nSPS) is 13.0. The van der Waals surface area contributed by atoms with Crippen molar-refractivity contribution in [2.24, 2.45) is 0 Å². The zero-order valence-corrected chi connectivity index (χ0v) is 12.6. The van der Waals surface area contributed by atoms with Crippen LogP contribution < -0.4 is 10.6 Å². The fraction of sp³-hybridized carbons (Fsp3) is 0.438. The van der Waals surface area contributed by atoms with E-state index in [9.17, 15) is 14.4 Å². The topological polar surface area (TPSA) is 84.5 Å². The van der Waals surface area contributed by atoms with Crippen molar-refractivity contribution in [2.75, 3.05) is 19.0 Å². The third-order valence-electron chi connectivity index (χ3n) is 3.58. The van der Waals surface area contributed by atoms with E-state index in [2.05, 4.69) is 21.4 Å². The van der Waals surface area contributed by atoms with Gasteiger partial charge in [-0.2, -0.15) is 0 Å². The van der Waals surface area contributed by atoms with Crippen molar-refractivity contribution in [2.45, 2.75) is 32.1 Å². The molecule has 0 aromatic heterocycles. The van der Waals surface area contributed by atoms with Gasteiger partial charge in [-0.1, -0.05) is 12.1 Å². The monoisotopic (exact) mass is 304 g/mol. The molecule has 118 valence electrons. The van der Waals surface area contributed by atoms with Crippen LogP contribution in [0.25, 0.3) is 0 Å². The molecule has 2 N–H and O–H groups in total. The number of rotatable bonds is 6. The lowest BCUT2D eigenvalue weighted by Crippen LogP contribution is -2.26. The number of aryl methyl sites for hydroxylation is 1. The van der Waals surface area contributed by atoms with Crippen molar-refractivity contribution in [3.05, 3.63) is 29.3 Å². The number of fused-ring (bicyclic) bond motifs is 1. The molecule has 2 amide bonds. The van der Waals surface area contributed by atoms with Crippen LogP contribution in [-0.2, 0) is 32.0 Å². The van der Waals surface area contributed by atoms with Gasteiger partial charge in [0, 0.05) is 25.1 Å². The first-order chi connectivity index (χ1) is 10.6. The average molecular weight is 304 g/mol. The highest BCUT2D eigenvalue weighted by molar-refractivity contribution is 5.93. The first kappa shape index (κ1) is 16.0. The fourth-order valence-electron chi connectivity index (χ4n) is 2.34. The lowest BCUT2D eigenvalue weighted by atomic mass is 9.99. The van der Waals surface area contributed by atoms with E-state index in [4.69, 9.17) is 0 Å². The SMILES string of the molecule is COC(=O)CCC(=O)NCCc1ccc2c(c1)CCC(=O)N2. The summed E-state index contributed by atoms with van der Waals surface area (Å²) in [4.78, 5) is 33.8. The third kappa shape index (κ3) is 4.58. The number of hydrogen-bond donors (Lipinski definition) is 2. The van der Waals surface area contributed by atoms with Crippen LogP contribution in [0.1, 0.15) is 30.4 Å². The van der Waals surface area contributed by atoms with Gasteiger partial charge in [-0.15, -0.1) is 0 Å². The minimum absolute atomic E-state index is 0.0538. The number of benzene rings is 1. The largest absolute Gasteiger partial charge is 0.469 e. The summed E-state index contributed by atoms with van der Waals surface area (Å²) in [5.74, 6) is -0.486. The Kier molecular flexibility index (Phi) is 5.52. The summed E-state index contributed by atoms with van der Waals surface area (Å²) in [6.07, 6.45) is 2.22. The van der Waals surface area contributed by atoms with Crippen LogP contribution in [-0.4, -0.2) is 31.4 Å². The second-order valence-electron chi connectivity index (χ2n) is 5.22. The van der Waals surface area contributed by atoms with Crippen molar-refractivity contribution in [1.29, 1.82) is 0 Å². The first-order valence-corrected chi connectivity index (χ1v) is 7.33. The van der Waals surface area contributed by atoms with E-state index in [1.165, 1.54) is 7.11 Å². The summed E-state index contributed by atoms with van der Waals surface area (Å²) in [7, 11) is 1.30. The average Bonchev–Trinajstić information content (AvgIpc) is 2.52. The van der Waals surface area contributed by atoms with E-state index in [0.717, 1.165) is 23.2 Å². The van der Waals surface area contributed by atoms with Gasteiger partial charge in [0.05, 0.1) is 13.5 Å². The van der Waals surface area contributed by atoms with Crippen molar-refractivity contribution in [1.82, 2.24) is 5.32 Å². The highest BCUT2D eigenvalue weighted by Gasteiger charge is 2.14. The zero-order chi connectivity index (χ0) is 15.9. The second-order valence-corrected chi connectivity index (χ2v) is 5.22. The summed E-state index contributed by atoms with van der Waals surface area (Å²) in [5, 5.41) is 5.62. The van der Waals surface area contributed by atoms with Gasteiger partial charge in [0.2, 0.25) is 11.8 Å². The van der Waals surface area contributed by atoms with E-state index in [1.54, 1.807) is 0 Å². The maximum Gasteiger partial charge on any atom is 0.306 e. The molecule has 0 aliphatic carbocycles. The summed E-state index contributed by atoms with van der Waals surface area (Å²) >= 11 is 0. The van der Waals surface area contributed by atoms with Gasteiger partial charge in [0.15, 0.2) is 0 Å². The van der Waals surface area contributed by atoms with Gasteiger partial charge < -0.3 is 15.4 Å². The van der Waals surface area contributed by atoms with E-state index in [0.29, 0.717) is 19.4 Å². The Balaban J connectivity index is 1.76. The molecule has 1 aliphatic heterocycles. The molecule has 2 rings (SSSR count). The van der Waals surface area contributed by atoms with E-state index >= 15 is 0 Å². The van der Waals surface area contributed by atoms with Crippen molar-refractivity contribution in [3.8, 4) is 0 Å². The Morgan fingerprint density at radius 1 is 1.27 bits per heavy atom.